The zero-order valence-corrected chi connectivity index (χ0v) is 9.01. The molecular formula is C10H14ClN3. The third-order valence-electron chi connectivity index (χ3n) is 2.67. The summed E-state index contributed by atoms with van der Waals surface area (Å²) in [4.78, 5) is 8.28. The van der Waals surface area contributed by atoms with Gasteiger partial charge in [0, 0.05) is 18.7 Å². The molecule has 2 rings (SSSR count). The van der Waals surface area contributed by atoms with Crippen LogP contribution >= 0.6 is 11.6 Å². The van der Waals surface area contributed by atoms with Crippen molar-refractivity contribution in [3.05, 3.63) is 22.7 Å². The van der Waals surface area contributed by atoms with Crippen LogP contribution in [0.5, 0.6) is 0 Å². The molecule has 0 spiro atoms. The van der Waals surface area contributed by atoms with Crippen molar-refractivity contribution in [2.24, 2.45) is 0 Å². The first-order valence-corrected chi connectivity index (χ1v) is 5.35. The highest BCUT2D eigenvalue weighted by Gasteiger charge is 2.18. The van der Waals surface area contributed by atoms with E-state index in [2.05, 4.69) is 15.3 Å². The van der Waals surface area contributed by atoms with Gasteiger partial charge in [-0.15, -0.1) is 0 Å². The average molecular weight is 212 g/mol. The molecule has 1 saturated heterocycles. The van der Waals surface area contributed by atoms with Gasteiger partial charge in [-0.1, -0.05) is 0 Å². The fraction of sp³-hybridized carbons (Fsp3) is 0.600. The fourth-order valence-electron chi connectivity index (χ4n) is 1.93. The Balaban J connectivity index is 2.24. The van der Waals surface area contributed by atoms with Gasteiger partial charge < -0.3 is 5.32 Å². The molecule has 0 radical (unpaired) electrons. The molecule has 0 bridgehead atoms. The molecule has 0 saturated carbocycles. The second-order valence-electron chi connectivity index (χ2n) is 3.75. The van der Waals surface area contributed by atoms with Crippen LogP contribution in [0.15, 0.2) is 6.20 Å². The molecular weight excluding hydrogens is 198 g/mol. The number of nitrogens with zero attached hydrogens (tertiary/aromatic N) is 2. The number of nitrogens with one attached hydrogen (secondary N) is 1. The Morgan fingerprint density at radius 1 is 1.57 bits per heavy atom. The van der Waals surface area contributed by atoms with Gasteiger partial charge in [0.2, 0.25) is 5.28 Å². The lowest BCUT2D eigenvalue weighted by molar-refractivity contribution is 0.452. The minimum absolute atomic E-state index is 0.358. The molecule has 3 nitrogen and oxygen atoms in total. The van der Waals surface area contributed by atoms with Gasteiger partial charge in [-0.2, -0.15) is 0 Å². The first-order chi connectivity index (χ1) is 6.77. The monoisotopic (exact) mass is 211 g/mol. The van der Waals surface area contributed by atoms with Crippen molar-refractivity contribution >= 4 is 11.6 Å². The van der Waals surface area contributed by atoms with Crippen molar-refractivity contribution in [2.45, 2.75) is 25.7 Å². The molecule has 1 N–H and O–H groups in total. The molecule has 2 heterocycles. The second kappa shape index (κ2) is 4.24. The number of rotatable bonds is 1. The van der Waals surface area contributed by atoms with E-state index in [4.69, 9.17) is 11.6 Å². The largest absolute Gasteiger partial charge is 0.316 e. The van der Waals surface area contributed by atoms with Gasteiger partial charge >= 0.3 is 0 Å². The van der Waals surface area contributed by atoms with E-state index < -0.39 is 0 Å². The van der Waals surface area contributed by atoms with Gasteiger partial charge in [0.05, 0.1) is 5.69 Å². The average Bonchev–Trinajstić information content (AvgIpc) is 2.23. The number of hydrogen-bond acceptors (Lipinski definition) is 3. The Labute approximate surface area is 88.9 Å². The third kappa shape index (κ3) is 2.04. The van der Waals surface area contributed by atoms with Crippen molar-refractivity contribution in [3.8, 4) is 0 Å². The Morgan fingerprint density at radius 3 is 3.14 bits per heavy atom. The van der Waals surface area contributed by atoms with Crippen molar-refractivity contribution in [2.75, 3.05) is 13.1 Å². The SMILES string of the molecule is Cc1cnc(Cl)nc1C1CCCNC1. The zero-order valence-electron chi connectivity index (χ0n) is 8.26. The summed E-state index contributed by atoms with van der Waals surface area (Å²) in [5.74, 6) is 0.504. The lowest BCUT2D eigenvalue weighted by Crippen LogP contribution is -2.29. The van der Waals surface area contributed by atoms with E-state index in [0.717, 1.165) is 24.3 Å². The maximum atomic E-state index is 5.79. The summed E-state index contributed by atoms with van der Waals surface area (Å²) in [5, 5.41) is 3.73. The summed E-state index contributed by atoms with van der Waals surface area (Å²) in [7, 11) is 0. The van der Waals surface area contributed by atoms with Gasteiger partial charge in [0.25, 0.3) is 0 Å². The lowest BCUT2D eigenvalue weighted by atomic mass is 9.94. The first-order valence-electron chi connectivity index (χ1n) is 4.97. The third-order valence-corrected chi connectivity index (χ3v) is 2.85. The zero-order chi connectivity index (χ0) is 9.97. The standard InChI is InChI=1S/C10H14ClN3/c1-7-5-13-10(11)14-9(7)8-3-2-4-12-6-8/h5,8,12H,2-4,6H2,1H3. The smallest absolute Gasteiger partial charge is 0.222 e. The predicted octanol–water partition coefficient (Wildman–Crippen LogP) is 1.91. The van der Waals surface area contributed by atoms with Crippen LogP contribution in [0.3, 0.4) is 0 Å². The maximum absolute atomic E-state index is 5.79. The van der Waals surface area contributed by atoms with Crippen LogP contribution in [-0.4, -0.2) is 23.1 Å². The van der Waals surface area contributed by atoms with E-state index in [-0.39, 0.29) is 0 Å². The predicted molar refractivity (Wildman–Crippen MR) is 56.6 cm³/mol. The number of aryl methyl sites for hydroxylation is 1. The van der Waals surface area contributed by atoms with E-state index in [1.54, 1.807) is 6.20 Å². The molecule has 1 aromatic heterocycles. The van der Waals surface area contributed by atoms with Crippen molar-refractivity contribution in [1.29, 1.82) is 0 Å². The van der Waals surface area contributed by atoms with Crippen molar-refractivity contribution < 1.29 is 0 Å². The van der Waals surface area contributed by atoms with Crippen molar-refractivity contribution in [1.82, 2.24) is 15.3 Å². The van der Waals surface area contributed by atoms with E-state index in [0.29, 0.717) is 11.2 Å². The van der Waals surface area contributed by atoms with E-state index in [1.165, 1.54) is 12.8 Å². The highest BCUT2D eigenvalue weighted by molar-refractivity contribution is 6.28. The molecule has 1 aromatic rings. The van der Waals surface area contributed by atoms with Crippen LogP contribution in [-0.2, 0) is 0 Å². The van der Waals surface area contributed by atoms with Gasteiger partial charge in [-0.05, 0) is 43.5 Å². The summed E-state index contributed by atoms with van der Waals surface area (Å²) in [6.45, 7) is 4.17. The lowest BCUT2D eigenvalue weighted by Gasteiger charge is -2.23. The summed E-state index contributed by atoms with van der Waals surface area (Å²) >= 11 is 5.79. The summed E-state index contributed by atoms with van der Waals surface area (Å²) in [6.07, 6.45) is 4.21. The van der Waals surface area contributed by atoms with Crippen molar-refractivity contribution in [3.63, 3.8) is 0 Å². The Morgan fingerprint density at radius 2 is 2.43 bits per heavy atom. The number of halogens is 1. The number of hydrogen-bond donors (Lipinski definition) is 1. The van der Waals surface area contributed by atoms with Crippen LogP contribution in [0.25, 0.3) is 0 Å². The number of piperidine rings is 1. The minimum Gasteiger partial charge on any atom is -0.316 e. The molecule has 14 heavy (non-hydrogen) atoms. The fourth-order valence-corrected chi connectivity index (χ4v) is 2.07. The summed E-state index contributed by atoms with van der Waals surface area (Å²) < 4.78 is 0. The molecule has 4 heteroatoms. The Bertz CT molecular complexity index is 321. The van der Waals surface area contributed by atoms with E-state index >= 15 is 0 Å². The van der Waals surface area contributed by atoms with E-state index in [1.807, 2.05) is 6.92 Å². The molecule has 1 aliphatic heterocycles. The van der Waals surface area contributed by atoms with Crippen LogP contribution in [0.4, 0.5) is 0 Å². The summed E-state index contributed by atoms with van der Waals surface area (Å²) in [6, 6.07) is 0. The number of aromatic nitrogens is 2. The highest BCUT2D eigenvalue weighted by Crippen LogP contribution is 2.24. The van der Waals surface area contributed by atoms with Crippen LogP contribution < -0.4 is 5.32 Å². The summed E-state index contributed by atoms with van der Waals surface area (Å²) in [5.41, 5.74) is 2.25. The van der Waals surface area contributed by atoms with Gasteiger partial charge in [-0.3, -0.25) is 0 Å². The maximum Gasteiger partial charge on any atom is 0.222 e. The van der Waals surface area contributed by atoms with E-state index in [9.17, 15) is 0 Å². The van der Waals surface area contributed by atoms with Gasteiger partial charge in [0.1, 0.15) is 0 Å². The highest BCUT2D eigenvalue weighted by atomic mass is 35.5. The molecule has 0 aromatic carbocycles. The molecule has 1 atom stereocenters. The van der Waals surface area contributed by atoms with Crippen LogP contribution in [0, 0.1) is 6.92 Å². The molecule has 1 aliphatic rings. The Kier molecular flexibility index (Phi) is 2.99. The topological polar surface area (TPSA) is 37.8 Å². The molecule has 1 unspecified atom stereocenters. The molecule has 0 amide bonds. The normalized spacial score (nSPS) is 22.3. The minimum atomic E-state index is 0.358. The Hall–Kier alpha value is -0.670. The van der Waals surface area contributed by atoms with Crippen LogP contribution in [0.2, 0.25) is 5.28 Å². The molecule has 1 fully saturated rings. The quantitative estimate of drug-likeness (QED) is 0.722. The van der Waals surface area contributed by atoms with Crippen LogP contribution in [0.1, 0.15) is 30.0 Å². The van der Waals surface area contributed by atoms with Gasteiger partial charge in [0.15, 0.2) is 0 Å². The second-order valence-corrected chi connectivity index (χ2v) is 4.09. The first kappa shape index (κ1) is 9.87. The van der Waals surface area contributed by atoms with Gasteiger partial charge in [-0.25, -0.2) is 9.97 Å². The molecule has 0 aliphatic carbocycles. The molecule has 76 valence electrons.